The molecule has 0 aromatic heterocycles. The first kappa shape index (κ1) is 57.3. The fraction of sp³-hybridized carbons (Fsp3) is 0.655. The molecule has 0 aromatic rings. The van der Waals surface area contributed by atoms with Crippen LogP contribution in [0.3, 0.4) is 0 Å². The monoisotopic (exact) mass is 847 g/mol. The molecular formula is C55H90O6. The van der Waals surface area contributed by atoms with Crippen LogP contribution < -0.4 is 0 Å². The number of allylic oxidation sites excluding steroid dienone is 16. The molecule has 0 saturated heterocycles. The number of unbranched alkanes of at least 4 members (excludes halogenated alkanes) is 16. The van der Waals surface area contributed by atoms with Crippen molar-refractivity contribution in [1.29, 1.82) is 0 Å². The summed E-state index contributed by atoms with van der Waals surface area (Å²) in [5, 5.41) is 0. The Morgan fingerprint density at radius 2 is 0.656 bits per heavy atom. The first-order valence-corrected chi connectivity index (χ1v) is 24.7. The van der Waals surface area contributed by atoms with Gasteiger partial charge in [0.05, 0.1) is 0 Å². The topological polar surface area (TPSA) is 78.9 Å². The molecule has 1 unspecified atom stereocenters. The number of esters is 3. The van der Waals surface area contributed by atoms with Gasteiger partial charge < -0.3 is 14.2 Å². The molecular weight excluding hydrogens is 757 g/mol. The Hall–Kier alpha value is -3.67. The van der Waals surface area contributed by atoms with Crippen LogP contribution in [0.15, 0.2) is 97.2 Å². The highest BCUT2D eigenvalue weighted by Gasteiger charge is 2.19. The summed E-state index contributed by atoms with van der Waals surface area (Å²) in [5.74, 6) is -0.990. The minimum atomic E-state index is -0.810. The Kier molecular flexibility index (Phi) is 46.0. The standard InChI is InChI=1S/C55H90O6/c1-4-7-10-13-16-18-20-22-24-26-27-29-30-32-34-36-39-42-45-48-54(57)60-51-52(50-59-53(56)47-44-41-38-15-12-9-6-3)61-55(58)49-46-43-40-37-35-33-31-28-25-23-21-19-17-14-11-8-5-2/h8,11,16-19,22-25,27,29,31,33,37,40,52H,4-7,9-10,12-15,20-21,26,28,30,32,34-36,38-39,41-51H2,1-3H3/b11-8-,18-16-,19-17-,24-22-,25-23-,29-27-,33-31-,40-37-. The van der Waals surface area contributed by atoms with Crippen LogP contribution >= 0.6 is 0 Å². The third kappa shape index (κ3) is 47.2. The number of hydrogen-bond donors (Lipinski definition) is 0. The summed E-state index contributed by atoms with van der Waals surface area (Å²) in [4.78, 5) is 37.7. The smallest absolute Gasteiger partial charge is 0.306 e. The lowest BCUT2D eigenvalue weighted by Gasteiger charge is -2.18. The van der Waals surface area contributed by atoms with Gasteiger partial charge in [-0.25, -0.2) is 0 Å². The highest BCUT2D eigenvalue weighted by molar-refractivity contribution is 5.71. The summed E-state index contributed by atoms with van der Waals surface area (Å²) in [6.45, 7) is 6.38. The summed E-state index contributed by atoms with van der Waals surface area (Å²) >= 11 is 0. The predicted octanol–water partition coefficient (Wildman–Crippen LogP) is 16.2. The third-order valence-electron chi connectivity index (χ3n) is 10.1. The fourth-order valence-electron chi connectivity index (χ4n) is 6.36. The zero-order valence-corrected chi connectivity index (χ0v) is 39.4. The van der Waals surface area contributed by atoms with Gasteiger partial charge in [0, 0.05) is 19.3 Å². The number of ether oxygens (including phenoxy) is 3. The van der Waals surface area contributed by atoms with Gasteiger partial charge in [-0.2, -0.15) is 0 Å². The fourth-order valence-corrected chi connectivity index (χ4v) is 6.36. The molecule has 0 heterocycles. The van der Waals surface area contributed by atoms with Crippen LogP contribution in [-0.4, -0.2) is 37.2 Å². The van der Waals surface area contributed by atoms with Crippen LogP contribution in [0.4, 0.5) is 0 Å². The summed E-state index contributed by atoms with van der Waals surface area (Å²) in [6.07, 6.45) is 64.1. The van der Waals surface area contributed by atoms with Gasteiger partial charge in [-0.05, 0) is 96.3 Å². The van der Waals surface area contributed by atoms with E-state index in [2.05, 4.69) is 118 Å². The zero-order valence-electron chi connectivity index (χ0n) is 39.4. The van der Waals surface area contributed by atoms with Gasteiger partial charge in [0.2, 0.25) is 0 Å². The summed E-state index contributed by atoms with van der Waals surface area (Å²) < 4.78 is 16.6. The Morgan fingerprint density at radius 3 is 1.08 bits per heavy atom. The average Bonchev–Trinajstić information content (AvgIpc) is 3.26. The van der Waals surface area contributed by atoms with Crippen LogP contribution in [0.5, 0.6) is 0 Å². The SMILES string of the molecule is CC/C=C\C/C=C\C/C=C\C/C=C\C/C=C\CCCC(=O)OC(COC(=O)CCCCCCCCC)COC(=O)CCCCCCCC/C=C\C/C=C\C/C=C\CCCCC. The maximum atomic E-state index is 12.7. The molecule has 0 fully saturated rings. The van der Waals surface area contributed by atoms with Gasteiger partial charge >= 0.3 is 17.9 Å². The molecule has 0 radical (unpaired) electrons. The molecule has 0 aromatic carbocycles. The molecule has 0 bridgehead atoms. The van der Waals surface area contributed by atoms with Gasteiger partial charge in [-0.15, -0.1) is 0 Å². The van der Waals surface area contributed by atoms with Crippen molar-refractivity contribution in [1.82, 2.24) is 0 Å². The average molecular weight is 847 g/mol. The minimum Gasteiger partial charge on any atom is -0.462 e. The Morgan fingerprint density at radius 1 is 0.344 bits per heavy atom. The Balaban J connectivity index is 4.40. The first-order chi connectivity index (χ1) is 30.0. The van der Waals surface area contributed by atoms with E-state index in [4.69, 9.17) is 14.2 Å². The van der Waals surface area contributed by atoms with E-state index in [1.165, 1.54) is 64.2 Å². The van der Waals surface area contributed by atoms with Gasteiger partial charge in [0.15, 0.2) is 6.10 Å². The van der Waals surface area contributed by atoms with Gasteiger partial charge in [-0.1, -0.05) is 195 Å². The minimum absolute atomic E-state index is 0.105. The van der Waals surface area contributed by atoms with Crippen molar-refractivity contribution in [3.8, 4) is 0 Å². The summed E-state index contributed by atoms with van der Waals surface area (Å²) in [7, 11) is 0. The second kappa shape index (κ2) is 49.0. The molecule has 1 atom stereocenters. The van der Waals surface area contributed by atoms with Crippen molar-refractivity contribution in [2.75, 3.05) is 13.2 Å². The molecule has 0 spiro atoms. The number of hydrogen-bond acceptors (Lipinski definition) is 6. The van der Waals surface area contributed by atoms with E-state index in [1.807, 2.05) is 0 Å². The molecule has 61 heavy (non-hydrogen) atoms. The van der Waals surface area contributed by atoms with Crippen LogP contribution in [0.25, 0.3) is 0 Å². The highest BCUT2D eigenvalue weighted by atomic mass is 16.6. The first-order valence-electron chi connectivity index (χ1n) is 24.7. The molecule has 0 saturated carbocycles. The second-order valence-electron chi connectivity index (χ2n) is 16.0. The molecule has 0 amide bonds. The largest absolute Gasteiger partial charge is 0.462 e. The van der Waals surface area contributed by atoms with Crippen molar-refractivity contribution >= 4 is 17.9 Å². The van der Waals surface area contributed by atoms with E-state index in [-0.39, 0.29) is 37.5 Å². The molecule has 6 heteroatoms. The molecule has 0 N–H and O–H groups in total. The van der Waals surface area contributed by atoms with Crippen LogP contribution in [0.2, 0.25) is 0 Å². The molecule has 6 nitrogen and oxygen atoms in total. The summed E-state index contributed by atoms with van der Waals surface area (Å²) in [5.41, 5.74) is 0. The van der Waals surface area contributed by atoms with E-state index in [0.29, 0.717) is 19.3 Å². The van der Waals surface area contributed by atoms with Gasteiger partial charge in [0.1, 0.15) is 13.2 Å². The zero-order chi connectivity index (χ0) is 44.4. The predicted molar refractivity (Wildman–Crippen MR) is 260 cm³/mol. The number of carbonyl (C=O) groups excluding carboxylic acids is 3. The van der Waals surface area contributed by atoms with E-state index in [0.717, 1.165) is 103 Å². The van der Waals surface area contributed by atoms with Crippen molar-refractivity contribution in [2.45, 2.75) is 219 Å². The molecule has 346 valence electrons. The molecule has 0 rings (SSSR count). The Labute approximate surface area is 375 Å². The van der Waals surface area contributed by atoms with Crippen LogP contribution in [0.1, 0.15) is 213 Å². The van der Waals surface area contributed by atoms with E-state index >= 15 is 0 Å². The van der Waals surface area contributed by atoms with Crippen molar-refractivity contribution < 1.29 is 28.6 Å². The van der Waals surface area contributed by atoms with Crippen LogP contribution in [0, 0.1) is 0 Å². The maximum absolute atomic E-state index is 12.7. The van der Waals surface area contributed by atoms with Gasteiger partial charge in [-0.3, -0.25) is 14.4 Å². The Bertz CT molecular complexity index is 1250. The number of carbonyl (C=O) groups is 3. The number of rotatable bonds is 43. The van der Waals surface area contributed by atoms with E-state index in [9.17, 15) is 14.4 Å². The lowest BCUT2D eigenvalue weighted by atomic mass is 10.1. The van der Waals surface area contributed by atoms with Crippen molar-refractivity contribution in [3.63, 3.8) is 0 Å². The van der Waals surface area contributed by atoms with Crippen molar-refractivity contribution in [2.24, 2.45) is 0 Å². The molecule has 0 aliphatic heterocycles. The van der Waals surface area contributed by atoms with Gasteiger partial charge in [0.25, 0.3) is 0 Å². The quantitative estimate of drug-likeness (QED) is 0.0263. The lowest BCUT2D eigenvalue weighted by molar-refractivity contribution is -0.167. The van der Waals surface area contributed by atoms with E-state index < -0.39 is 6.10 Å². The van der Waals surface area contributed by atoms with E-state index in [1.54, 1.807) is 0 Å². The summed E-state index contributed by atoms with van der Waals surface area (Å²) in [6, 6.07) is 0. The molecule has 0 aliphatic rings. The molecule has 0 aliphatic carbocycles. The lowest BCUT2D eigenvalue weighted by Crippen LogP contribution is -2.30. The third-order valence-corrected chi connectivity index (χ3v) is 10.1. The second-order valence-corrected chi connectivity index (χ2v) is 16.0. The maximum Gasteiger partial charge on any atom is 0.306 e. The normalized spacial score (nSPS) is 12.9. The van der Waals surface area contributed by atoms with Crippen LogP contribution in [-0.2, 0) is 28.6 Å². The highest BCUT2D eigenvalue weighted by Crippen LogP contribution is 2.12. The van der Waals surface area contributed by atoms with Crippen molar-refractivity contribution in [3.05, 3.63) is 97.2 Å².